The Hall–Kier alpha value is -2.70. The highest BCUT2D eigenvalue weighted by molar-refractivity contribution is 7.15. The van der Waals surface area contributed by atoms with E-state index in [0.29, 0.717) is 18.0 Å². The van der Waals surface area contributed by atoms with Gasteiger partial charge in [-0.25, -0.2) is 9.37 Å². The van der Waals surface area contributed by atoms with Gasteiger partial charge in [0.15, 0.2) is 4.96 Å². The number of fused-ring (bicyclic) bond motifs is 1. The number of carbonyl (C=O) groups excluding carboxylic acids is 1. The summed E-state index contributed by atoms with van der Waals surface area (Å²) in [6.07, 6.45) is 2.88. The van der Waals surface area contributed by atoms with Gasteiger partial charge in [-0.15, -0.1) is 11.3 Å². The summed E-state index contributed by atoms with van der Waals surface area (Å²) in [6.45, 7) is 0.512. The van der Waals surface area contributed by atoms with Crippen molar-refractivity contribution in [2.45, 2.75) is 12.8 Å². The van der Waals surface area contributed by atoms with Crippen LogP contribution in [0.15, 0.2) is 60.1 Å². The zero-order chi connectivity index (χ0) is 19.5. The van der Waals surface area contributed by atoms with Gasteiger partial charge in [0.25, 0.3) is 0 Å². The number of carbonyl (C=O) groups is 1. The van der Waals surface area contributed by atoms with Crippen molar-refractivity contribution < 1.29 is 9.18 Å². The van der Waals surface area contributed by atoms with Gasteiger partial charge in [-0.2, -0.15) is 0 Å². The standard InChI is InChI=1S/C21H17ClFN3OS/c22-16-5-3-15(4-6-16)19-12-26-18(13-28-21(26)25-19)11-20(27)24-10-9-14-1-7-17(23)8-2-14/h1-8,12-13H,9-11H2,(H,24,27). The molecule has 0 radical (unpaired) electrons. The molecular weight excluding hydrogens is 397 g/mol. The van der Waals surface area contributed by atoms with E-state index < -0.39 is 0 Å². The van der Waals surface area contributed by atoms with Crippen LogP contribution < -0.4 is 5.32 Å². The molecule has 0 aliphatic rings. The first-order valence-corrected chi connectivity index (χ1v) is 10.1. The van der Waals surface area contributed by atoms with E-state index >= 15 is 0 Å². The van der Waals surface area contributed by atoms with E-state index in [-0.39, 0.29) is 18.1 Å². The van der Waals surface area contributed by atoms with Crippen molar-refractivity contribution in [3.63, 3.8) is 0 Å². The van der Waals surface area contributed by atoms with E-state index in [4.69, 9.17) is 11.6 Å². The Morgan fingerprint density at radius 1 is 1.14 bits per heavy atom. The average Bonchev–Trinajstić information content (AvgIpc) is 3.26. The van der Waals surface area contributed by atoms with Crippen LogP contribution in [0, 0.1) is 5.82 Å². The lowest BCUT2D eigenvalue weighted by molar-refractivity contribution is -0.120. The summed E-state index contributed by atoms with van der Waals surface area (Å²) in [5, 5.41) is 5.55. The Bertz CT molecular complexity index is 1100. The van der Waals surface area contributed by atoms with Crippen LogP contribution >= 0.6 is 22.9 Å². The SMILES string of the molecule is O=C(Cc1csc2nc(-c3ccc(Cl)cc3)cn12)NCCc1ccc(F)cc1. The predicted octanol–water partition coefficient (Wildman–Crippen LogP) is 4.76. The number of aromatic nitrogens is 2. The summed E-state index contributed by atoms with van der Waals surface area (Å²) in [4.78, 5) is 17.8. The fraction of sp³-hybridized carbons (Fsp3) is 0.143. The molecule has 2 heterocycles. The minimum absolute atomic E-state index is 0.0523. The second-order valence-electron chi connectivity index (χ2n) is 6.42. The van der Waals surface area contributed by atoms with Gasteiger partial charge >= 0.3 is 0 Å². The van der Waals surface area contributed by atoms with E-state index in [9.17, 15) is 9.18 Å². The highest BCUT2D eigenvalue weighted by Gasteiger charge is 2.12. The highest BCUT2D eigenvalue weighted by atomic mass is 35.5. The van der Waals surface area contributed by atoms with Gasteiger partial charge in [-0.3, -0.25) is 9.20 Å². The smallest absolute Gasteiger partial charge is 0.225 e. The molecule has 28 heavy (non-hydrogen) atoms. The van der Waals surface area contributed by atoms with Gasteiger partial charge in [-0.1, -0.05) is 35.9 Å². The third-order valence-corrected chi connectivity index (χ3v) is 5.55. The molecule has 2 aromatic heterocycles. The number of halogens is 2. The minimum atomic E-state index is -0.257. The van der Waals surface area contributed by atoms with Crippen molar-refractivity contribution in [2.24, 2.45) is 0 Å². The van der Waals surface area contributed by atoms with Gasteiger partial charge in [0, 0.05) is 34.4 Å². The molecule has 0 fully saturated rings. The molecule has 4 aromatic rings. The highest BCUT2D eigenvalue weighted by Crippen LogP contribution is 2.25. The second kappa shape index (κ2) is 8.12. The summed E-state index contributed by atoms with van der Waals surface area (Å²) in [7, 11) is 0. The molecule has 0 aliphatic carbocycles. The Labute approximate surface area is 170 Å². The summed E-state index contributed by atoms with van der Waals surface area (Å²) in [6, 6.07) is 13.8. The van der Waals surface area contributed by atoms with Crippen LogP contribution in [0.25, 0.3) is 16.2 Å². The van der Waals surface area contributed by atoms with Gasteiger partial charge in [0.05, 0.1) is 12.1 Å². The largest absolute Gasteiger partial charge is 0.355 e. The quantitative estimate of drug-likeness (QED) is 0.495. The molecule has 2 aromatic carbocycles. The van der Waals surface area contributed by atoms with Crippen molar-refractivity contribution in [1.82, 2.24) is 14.7 Å². The molecule has 4 rings (SSSR count). The Kier molecular flexibility index (Phi) is 5.41. The zero-order valence-corrected chi connectivity index (χ0v) is 16.4. The molecule has 1 N–H and O–H groups in total. The maximum atomic E-state index is 12.9. The number of benzene rings is 2. The maximum Gasteiger partial charge on any atom is 0.225 e. The van der Waals surface area contributed by atoms with Gasteiger partial charge in [-0.05, 0) is 36.2 Å². The molecule has 0 atom stereocenters. The van der Waals surface area contributed by atoms with Crippen LogP contribution in [-0.4, -0.2) is 21.8 Å². The summed E-state index contributed by atoms with van der Waals surface area (Å²) in [5.74, 6) is -0.309. The van der Waals surface area contributed by atoms with E-state index in [0.717, 1.165) is 27.5 Å². The lowest BCUT2D eigenvalue weighted by atomic mass is 10.1. The van der Waals surface area contributed by atoms with Gasteiger partial charge < -0.3 is 5.32 Å². The first kappa shape index (κ1) is 18.7. The molecule has 0 saturated carbocycles. The van der Waals surface area contributed by atoms with E-state index in [2.05, 4.69) is 10.3 Å². The molecule has 0 saturated heterocycles. The Balaban J connectivity index is 1.39. The molecule has 0 unspecified atom stereocenters. The number of nitrogens with zero attached hydrogens (tertiary/aromatic N) is 2. The topological polar surface area (TPSA) is 46.4 Å². The van der Waals surface area contributed by atoms with Crippen LogP contribution in [0.2, 0.25) is 5.02 Å². The second-order valence-corrected chi connectivity index (χ2v) is 7.69. The number of thiazole rings is 1. The molecule has 4 nitrogen and oxygen atoms in total. The van der Waals surface area contributed by atoms with Crippen LogP contribution in [0.1, 0.15) is 11.3 Å². The molecule has 0 spiro atoms. The van der Waals surface area contributed by atoms with Gasteiger partial charge in [0.2, 0.25) is 5.91 Å². The van der Waals surface area contributed by atoms with E-state index in [1.165, 1.54) is 23.5 Å². The van der Waals surface area contributed by atoms with Crippen LogP contribution in [0.4, 0.5) is 4.39 Å². The number of amides is 1. The van der Waals surface area contributed by atoms with Crippen molar-refractivity contribution in [3.8, 4) is 11.3 Å². The predicted molar refractivity (Wildman–Crippen MR) is 110 cm³/mol. The maximum absolute atomic E-state index is 12.9. The van der Waals surface area contributed by atoms with Crippen molar-refractivity contribution in [1.29, 1.82) is 0 Å². The van der Waals surface area contributed by atoms with Crippen molar-refractivity contribution >= 4 is 33.8 Å². The molecule has 1 amide bonds. The zero-order valence-electron chi connectivity index (χ0n) is 14.9. The van der Waals surface area contributed by atoms with Crippen molar-refractivity contribution in [2.75, 3.05) is 6.54 Å². The number of nitrogens with one attached hydrogen (secondary N) is 1. The lowest BCUT2D eigenvalue weighted by Crippen LogP contribution is -2.27. The van der Waals surface area contributed by atoms with Crippen LogP contribution in [0.3, 0.4) is 0 Å². The Morgan fingerprint density at radius 3 is 2.64 bits per heavy atom. The third-order valence-electron chi connectivity index (χ3n) is 4.41. The summed E-state index contributed by atoms with van der Waals surface area (Å²) in [5.41, 5.74) is 3.71. The van der Waals surface area contributed by atoms with Crippen molar-refractivity contribution in [3.05, 3.63) is 82.2 Å². The summed E-state index contributed by atoms with van der Waals surface area (Å²) < 4.78 is 14.9. The normalized spacial score (nSPS) is 11.1. The molecule has 0 bridgehead atoms. The fourth-order valence-electron chi connectivity index (χ4n) is 2.94. The first-order valence-electron chi connectivity index (χ1n) is 8.81. The molecule has 0 aliphatic heterocycles. The average molecular weight is 414 g/mol. The lowest BCUT2D eigenvalue weighted by Gasteiger charge is -2.05. The third kappa shape index (κ3) is 4.24. The number of hydrogen-bond acceptors (Lipinski definition) is 3. The van der Waals surface area contributed by atoms with Crippen LogP contribution in [0.5, 0.6) is 0 Å². The Morgan fingerprint density at radius 2 is 1.89 bits per heavy atom. The first-order chi connectivity index (χ1) is 13.6. The number of hydrogen-bond donors (Lipinski definition) is 1. The molecule has 7 heteroatoms. The van der Waals surface area contributed by atoms with Crippen LogP contribution in [-0.2, 0) is 17.6 Å². The fourth-order valence-corrected chi connectivity index (χ4v) is 3.94. The number of rotatable bonds is 6. The van der Waals surface area contributed by atoms with E-state index in [1.54, 1.807) is 12.1 Å². The number of imidazole rings is 1. The molecular formula is C21H17ClFN3OS. The van der Waals surface area contributed by atoms with Gasteiger partial charge in [0.1, 0.15) is 5.82 Å². The minimum Gasteiger partial charge on any atom is -0.355 e. The summed E-state index contributed by atoms with van der Waals surface area (Å²) >= 11 is 7.45. The molecule has 142 valence electrons. The van der Waals surface area contributed by atoms with E-state index in [1.807, 2.05) is 40.2 Å². The monoisotopic (exact) mass is 413 g/mol.